The Labute approximate surface area is 181 Å². The number of imide groups is 1. The smallest absolute Gasteiger partial charge is 0.419 e. The summed E-state index contributed by atoms with van der Waals surface area (Å²) in [6, 6.07) is 0. The first-order valence-corrected chi connectivity index (χ1v) is 10.5. The largest absolute Gasteiger partial charge is 0.444 e. The van der Waals surface area contributed by atoms with Gasteiger partial charge in [0.1, 0.15) is 11.2 Å². The molecule has 1 N–H and O–H groups in total. The van der Waals surface area contributed by atoms with Crippen LogP contribution in [-0.2, 0) is 19.1 Å². The zero-order chi connectivity index (χ0) is 24.0. The van der Waals surface area contributed by atoms with Gasteiger partial charge in [0, 0.05) is 11.8 Å². The molecule has 0 aromatic heterocycles. The summed E-state index contributed by atoms with van der Waals surface area (Å²) in [5.41, 5.74) is -4.74. The summed E-state index contributed by atoms with van der Waals surface area (Å²) >= 11 is 0. The molecule has 0 unspecified atom stereocenters. The van der Waals surface area contributed by atoms with Crippen LogP contribution in [0.1, 0.15) is 94.9 Å². The number of amides is 3. The van der Waals surface area contributed by atoms with Crippen molar-refractivity contribution in [1.29, 1.82) is 0 Å². The van der Waals surface area contributed by atoms with Crippen LogP contribution in [0.4, 0.5) is 9.59 Å². The van der Waals surface area contributed by atoms with E-state index in [1.165, 1.54) is 0 Å². The summed E-state index contributed by atoms with van der Waals surface area (Å²) in [5, 5.41) is 2.53. The van der Waals surface area contributed by atoms with E-state index in [1.807, 2.05) is 6.92 Å². The quantitative estimate of drug-likeness (QED) is 0.440. The summed E-state index contributed by atoms with van der Waals surface area (Å²) in [4.78, 5) is 52.2. The predicted octanol–water partition coefficient (Wildman–Crippen LogP) is 4.80. The molecular formula is C22H40N2O6. The van der Waals surface area contributed by atoms with Crippen LogP contribution in [-0.4, -0.2) is 46.1 Å². The topological polar surface area (TPSA) is 102 Å². The van der Waals surface area contributed by atoms with Crippen molar-refractivity contribution >= 4 is 24.4 Å². The fraction of sp³-hybridized carbons (Fsp3) is 0.818. The lowest BCUT2D eigenvalue weighted by Gasteiger charge is -2.48. The average molecular weight is 429 g/mol. The van der Waals surface area contributed by atoms with E-state index in [4.69, 9.17) is 9.47 Å². The van der Waals surface area contributed by atoms with Crippen LogP contribution in [0.15, 0.2) is 0 Å². The summed E-state index contributed by atoms with van der Waals surface area (Å²) in [7, 11) is 0. The standard InChI is InChI=1S/C22H40N2O6/c1-11-13-14-16(26)24(18(28)30-20(6,7)8)22(15-25,21(9,10)12-2)23-17(27)29-19(3,4)5/h15H,11-14H2,1-10H3,(H,23,27)/t22-/m1/s1. The lowest BCUT2D eigenvalue weighted by Crippen LogP contribution is -2.72. The molecule has 0 saturated heterocycles. The van der Waals surface area contributed by atoms with Gasteiger partial charge in [-0.2, -0.15) is 0 Å². The molecule has 1 atom stereocenters. The monoisotopic (exact) mass is 428 g/mol. The van der Waals surface area contributed by atoms with Crippen LogP contribution in [0.25, 0.3) is 0 Å². The molecule has 0 fully saturated rings. The van der Waals surface area contributed by atoms with Crippen molar-refractivity contribution in [2.24, 2.45) is 5.41 Å². The van der Waals surface area contributed by atoms with E-state index in [0.29, 0.717) is 19.1 Å². The van der Waals surface area contributed by atoms with Gasteiger partial charge in [-0.05, 0) is 54.4 Å². The number of nitrogens with zero attached hydrogens (tertiary/aromatic N) is 1. The molecule has 0 bridgehead atoms. The predicted molar refractivity (Wildman–Crippen MR) is 115 cm³/mol. The van der Waals surface area contributed by atoms with Crippen LogP contribution >= 0.6 is 0 Å². The third-order valence-corrected chi connectivity index (χ3v) is 4.70. The van der Waals surface area contributed by atoms with E-state index in [0.717, 1.165) is 11.3 Å². The molecule has 0 aliphatic rings. The number of aldehydes is 1. The van der Waals surface area contributed by atoms with Gasteiger partial charge in [0.2, 0.25) is 5.91 Å². The van der Waals surface area contributed by atoms with E-state index in [9.17, 15) is 19.2 Å². The molecule has 0 rings (SSSR count). The molecule has 174 valence electrons. The first kappa shape index (κ1) is 27.9. The second-order valence-electron chi connectivity index (χ2n) is 10.1. The minimum atomic E-state index is -1.99. The minimum absolute atomic E-state index is 0.0289. The van der Waals surface area contributed by atoms with Gasteiger partial charge >= 0.3 is 12.2 Å². The van der Waals surface area contributed by atoms with Gasteiger partial charge in [0.25, 0.3) is 0 Å². The summed E-state index contributed by atoms with van der Waals surface area (Å²) in [6.45, 7) is 17.1. The lowest BCUT2D eigenvalue weighted by atomic mass is 9.75. The Morgan fingerprint density at radius 2 is 1.40 bits per heavy atom. The Bertz CT molecular complexity index is 631. The Morgan fingerprint density at radius 1 is 0.900 bits per heavy atom. The Balaban J connectivity index is 6.56. The number of carbonyl (C=O) groups is 4. The second kappa shape index (κ2) is 10.3. The maximum atomic E-state index is 13.1. The van der Waals surface area contributed by atoms with Gasteiger partial charge in [-0.15, -0.1) is 0 Å². The fourth-order valence-electron chi connectivity index (χ4n) is 2.69. The third-order valence-electron chi connectivity index (χ3n) is 4.70. The van der Waals surface area contributed by atoms with Crippen LogP contribution < -0.4 is 5.32 Å². The zero-order valence-electron chi connectivity index (χ0n) is 20.3. The minimum Gasteiger partial charge on any atom is -0.444 e. The highest BCUT2D eigenvalue weighted by Gasteiger charge is 2.56. The van der Waals surface area contributed by atoms with Gasteiger partial charge in [-0.3, -0.25) is 14.9 Å². The van der Waals surface area contributed by atoms with Crippen molar-refractivity contribution in [2.75, 3.05) is 0 Å². The highest BCUT2D eigenvalue weighted by molar-refractivity contribution is 5.97. The molecule has 0 saturated carbocycles. The fourth-order valence-corrected chi connectivity index (χ4v) is 2.69. The molecule has 8 nitrogen and oxygen atoms in total. The molecular weight excluding hydrogens is 388 g/mol. The number of nitrogens with one attached hydrogen (secondary N) is 1. The number of ether oxygens (including phenoxy) is 2. The number of hydrogen-bond acceptors (Lipinski definition) is 6. The maximum Gasteiger partial charge on any atom is 0.419 e. The van der Waals surface area contributed by atoms with Gasteiger partial charge in [-0.25, -0.2) is 14.5 Å². The van der Waals surface area contributed by atoms with E-state index < -0.39 is 40.4 Å². The Kier molecular flexibility index (Phi) is 9.54. The lowest BCUT2D eigenvalue weighted by molar-refractivity contribution is -0.151. The Hall–Kier alpha value is -2.12. The van der Waals surface area contributed by atoms with Crippen LogP contribution in [0.5, 0.6) is 0 Å². The number of alkyl carbamates (subject to hydrolysis) is 1. The number of carbonyl (C=O) groups excluding carboxylic acids is 4. The average Bonchev–Trinajstić information content (AvgIpc) is 2.55. The third kappa shape index (κ3) is 7.61. The van der Waals surface area contributed by atoms with Gasteiger partial charge < -0.3 is 9.47 Å². The van der Waals surface area contributed by atoms with E-state index in [2.05, 4.69) is 5.32 Å². The van der Waals surface area contributed by atoms with Crippen molar-refractivity contribution in [3.8, 4) is 0 Å². The van der Waals surface area contributed by atoms with Crippen molar-refractivity contribution in [3.05, 3.63) is 0 Å². The molecule has 30 heavy (non-hydrogen) atoms. The Morgan fingerprint density at radius 3 is 1.77 bits per heavy atom. The van der Waals surface area contributed by atoms with Crippen molar-refractivity contribution < 1.29 is 28.7 Å². The van der Waals surface area contributed by atoms with E-state index >= 15 is 0 Å². The zero-order valence-corrected chi connectivity index (χ0v) is 20.3. The second-order valence-corrected chi connectivity index (χ2v) is 10.1. The number of unbranched alkanes of at least 4 members (excludes halogenated alkanes) is 1. The first-order chi connectivity index (χ1) is 13.5. The molecule has 0 aromatic rings. The highest BCUT2D eigenvalue weighted by atomic mass is 16.6. The van der Waals surface area contributed by atoms with Gasteiger partial charge in [0.05, 0.1) is 0 Å². The molecule has 0 aromatic carbocycles. The molecule has 0 radical (unpaired) electrons. The SMILES string of the molecule is CCCCC(=O)N(C(=O)OC(C)(C)C)[C@@](C=O)(NC(=O)OC(C)(C)C)C(C)(C)CC. The summed E-state index contributed by atoms with van der Waals surface area (Å²) in [6.07, 6.45) is 0.170. The van der Waals surface area contributed by atoms with Gasteiger partial charge in [-0.1, -0.05) is 34.1 Å². The van der Waals surface area contributed by atoms with Crippen molar-refractivity contribution in [3.63, 3.8) is 0 Å². The van der Waals surface area contributed by atoms with E-state index in [-0.39, 0.29) is 6.42 Å². The summed E-state index contributed by atoms with van der Waals surface area (Å²) in [5.74, 6) is -0.601. The molecule has 0 heterocycles. The molecule has 0 aliphatic heterocycles. The normalized spacial score (nSPS) is 14.3. The highest BCUT2D eigenvalue weighted by Crippen LogP contribution is 2.37. The molecule has 0 aliphatic carbocycles. The van der Waals surface area contributed by atoms with Crippen LogP contribution in [0.3, 0.4) is 0 Å². The van der Waals surface area contributed by atoms with Crippen LogP contribution in [0, 0.1) is 5.41 Å². The van der Waals surface area contributed by atoms with Crippen LogP contribution in [0.2, 0.25) is 0 Å². The van der Waals surface area contributed by atoms with Crippen molar-refractivity contribution in [2.45, 2.75) is 112 Å². The van der Waals surface area contributed by atoms with Crippen molar-refractivity contribution in [1.82, 2.24) is 10.2 Å². The molecule has 0 spiro atoms. The van der Waals surface area contributed by atoms with E-state index in [1.54, 1.807) is 62.3 Å². The number of hydrogen-bond donors (Lipinski definition) is 1. The number of rotatable bonds is 8. The first-order valence-electron chi connectivity index (χ1n) is 10.5. The van der Waals surface area contributed by atoms with Gasteiger partial charge in [0.15, 0.2) is 11.9 Å². The summed E-state index contributed by atoms with van der Waals surface area (Å²) < 4.78 is 10.8. The maximum absolute atomic E-state index is 13.1. The molecule has 3 amide bonds. The molecule has 8 heteroatoms.